The number of carbonyl (C=O) groups excluding carboxylic acids is 1. The number of rotatable bonds is 9. The first-order valence-corrected chi connectivity index (χ1v) is 8.15. The Bertz CT molecular complexity index is 758. The Morgan fingerprint density at radius 3 is 2.48 bits per heavy atom. The highest BCUT2D eigenvalue weighted by Gasteiger charge is 2.11. The van der Waals surface area contributed by atoms with E-state index >= 15 is 0 Å². The van der Waals surface area contributed by atoms with Crippen molar-refractivity contribution in [2.75, 3.05) is 39.2 Å². The molecule has 0 spiro atoms. The van der Waals surface area contributed by atoms with Crippen LogP contribution in [0.3, 0.4) is 0 Å². The number of halogens is 2. The first kappa shape index (κ1) is 22.7. The molecule has 0 fully saturated rings. The Kier molecular flexibility index (Phi) is 9.56. The molecule has 1 amide bonds. The summed E-state index contributed by atoms with van der Waals surface area (Å²) in [4.78, 5) is 11.8. The molecule has 0 aliphatic carbocycles. The smallest absolute Gasteiger partial charge is 0.238 e. The van der Waals surface area contributed by atoms with Gasteiger partial charge in [0.2, 0.25) is 5.91 Å². The van der Waals surface area contributed by atoms with Crippen LogP contribution in [0.2, 0.25) is 0 Å². The van der Waals surface area contributed by atoms with Crippen LogP contribution in [0.1, 0.15) is 5.56 Å². The lowest BCUT2D eigenvalue weighted by Gasteiger charge is -2.12. The normalized spacial score (nSPS) is 10.1. The van der Waals surface area contributed by atoms with Crippen LogP contribution in [-0.4, -0.2) is 39.8 Å². The second-order valence-electron chi connectivity index (χ2n) is 5.62. The second-order valence-corrected chi connectivity index (χ2v) is 5.62. The van der Waals surface area contributed by atoms with E-state index in [0.29, 0.717) is 30.3 Å². The minimum atomic E-state index is -0.585. The summed E-state index contributed by atoms with van der Waals surface area (Å²) in [6, 6.07) is 9.62. The molecule has 2 N–H and O–H groups in total. The molecule has 27 heavy (non-hydrogen) atoms. The molecule has 2 aromatic rings. The number of anilines is 1. The van der Waals surface area contributed by atoms with Crippen molar-refractivity contribution in [2.24, 2.45) is 0 Å². The largest absolute Gasteiger partial charge is 0.493 e. The van der Waals surface area contributed by atoms with Crippen molar-refractivity contribution in [3.05, 3.63) is 47.8 Å². The number of methoxy groups -OCH3 is 2. The van der Waals surface area contributed by atoms with Gasteiger partial charge in [-0.05, 0) is 36.8 Å². The lowest BCUT2D eigenvalue weighted by atomic mass is 10.2. The highest BCUT2D eigenvalue weighted by Crippen LogP contribution is 2.34. The maximum Gasteiger partial charge on any atom is 0.238 e. The van der Waals surface area contributed by atoms with Crippen molar-refractivity contribution < 1.29 is 23.4 Å². The summed E-state index contributed by atoms with van der Waals surface area (Å²) in [5.41, 5.74) is 1.36. The number of nitrogens with one attached hydrogen (secondary N) is 2. The first-order chi connectivity index (χ1) is 12.5. The van der Waals surface area contributed by atoms with Crippen LogP contribution in [0.25, 0.3) is 0 Å². The summed E-state index contributed by atoms with van der Waals surface area (Å²) in [6.07, 6.45) is 0. The number of aryl methyl sites for hydroxylation is 1. The van der Waals surface area contributed by atoms with Crippen molar-refractivity contribution in [2.45, 2.75) is 6.92 Å². The Morgan fingerprint density at radius 1 is 1.07 bits per heavy atom. The Balaban J connectivity index is 0.00000364. The van der Waals surface area contributed by atoms with Crippen molar-refractivity contribution in [3.63, 3.8) is 0 Å². The van der Waals surface area contributed by atoms with Crippen molar-refractivity contribution in [1.82, 2.24) is 5.32 Å². The molecule has 2 rings (SSSR count). The number of ether oxygens (including phenoxy) is 3. The third-order valence-corrected chi connectivity index (χ3v) is 3.52. The molecule has 0 aromatic heterocycles. The number of hydrogen-bond donors (Lipinski definition) is 2. The van der Waals surface area contributed by atoms with E-state index in [0.717, 1.165) is 5.56 Å². The predicted octanol–water partition coefficient (Wildman–Crippen LogP) is 3.53. The van der Waals surface area contributed by atoms with Crippen molar-refractivity contribution >= 4 is 24.0 Å². The second kappa shape index (κ2) is 11.4. The van der Waals surface area contributed by atoms with Crippen LogP contribution in [0.4, 0.5) is 10.1 Å². The Labute approximate surface area is 164 Å². The monoisotopic (exact) mass is 398 g/mol. The fourth-order valence-electron chi connectivity index (χ4n) is 2.22. The zero-order chi connectivity index (χ0) is 18.9. The molecule has 0 aliphatic heterocycles. The van der Waals surface area contributed by atoms with E-state index < -0.39 is 5.82 Å². The summed E-state index contributed by atoms with van der Waals surface area (Å²) in [7, 11) is 3.11. The number of hydrogen-bond acceptors (Lipinski definition) is 5. The van der Waals surface area contributed by atoms with E-state index in [1.165, 1.54) is 19.2 Å². The minimum Gasteiger partial charge on any atom is -0.493 e. The highest BCUT2D eigenvalue weighted by molar-refractivity contribution is 5.92. The molecule has 0 atom stereocenters. The van der Waals surface area contributed by atoms with Gasteiger partial charge in [-0.1, -0.05) is 6.07 Å². The zero-order valence-corrected chi connectivity index (χ0v) is 16.3. The minimum absolute atomic E-state index is 0. The number of amides is 1. The summed E-state index contributed by atoms with van der Waals surface area (Å²) >= 11 is 0. The maximum absolute atomic E-state index is 14.3. The fraction of sp³-hybridized carbons (Fsp3) is 0.316. The molecule has 0 saturated carbocycles. The molecule has 148 valence electrons. The number of benzene rings is 2. The Hall–Kier alpha value is -2.35. The molecule has 0 radical (unpaired) electrons. The number of carbonyl (C=O) groups is 1. The van der Waals surface area contributed by atoms with Gasteiger partial charge in [0.25, 0.3) is 0 Å². The van der Waals surface area contributed by atoms with Gasteiger partial charge in [-0.3, -0.25) is 4.79 Å². The topological polar surface area (TPSA) is 68.8 Å². The van der Waals surface area contributed by atoms with Crippen LogP contribution >= 0.6 is 12.4 Å². The standard InChI is InChI=1S/C19H23FN2O4.ClH/c1-13-4-6-17(18(10-13)25-3)26-16-7-5-14(11-15(16)20)22-19(23)12-21-8-9-24-2;/h4-7,10-11,21H,8-9,12H2,1-3H3,(H,22,23);1H. The zero-order valence-electron chi connectivity index (χ0n) is 15.5. The van der Waals surface area contributed by atoms with Gasteiger partial charge in [0, 0.05) is 25.4 Å². The van der Waals surface area contributed by atoms with Crippen LogP contribution in [-0.2, 0) is 9.53 Å². The third kappa shape index (κ3) is 7.05. The molecular weight excluding hydrogens is 375 g/mol. The lowest BCUT2D eigenvalue weighted by molar-refractivity contribution is -0.115. The van der Waals surface area contributed by atoms with E-state index in [2.05, 4.69) is 10.6 Å². The van der Waals surface area contributed by atoms with Crippen LogP contribution in [0, 0.1) is 12.7 Å². The van der Waals surface area contributed by atoms with Crippen LogP contribution in [0.5, 0.6) is 17.2 Å². The summed E-state index contributed by atoms with van der Waals surface area (Å²) in [5.74, 6) is 0.121. The van der Waals surface area contributed by atoms with Gasteiger partial charge in [0.05, 0.1) is 20.3 Å². The molecule has 2 aromatic carbocycles. The van der Waals surface area contributed by atoms with Crippen molar-refractivity contribution in [3.8, 4) is 17.2 Å². The predicted molar refractivity (Wildman–Crippen MR) is 105 cm³/mol. The molecule has 0 saturated heterocycles. The molecule has 0 heterocycles. The Morgan fingerprint density at radius 2 is 1.81 bits per heavy atom. The first-order valence-electron chi connectivity index (χ1n) is 8.15. The van der Waals surface area contributed by atoms with E-state index in [1.807, 2.05) is 13.0 Å². The molecule has 0 bridgehead atoms. The quantitative estimate of drug-likeness (QED) is 0.632. The molecule has 6 nitrogen and oxygen atoms in total. The molecule has 8 heteroatoms. The van der Waals surface area contributed by atoms with Gasteiger partial charge in [0.1, 0.15) is 0 Å². The van der Waals surface area contributed by atoms with Gasteiger partial charge in [-0.2, -0.15) is 0 Å². The van der Waals surface area contributed by atoms with Gasteiger partial charge >= 0.3 is 0 Å². The SMILES string of the molecule is COCCNCC(=O)Nc1ccc(Oc2ccc(C)cc2OC)c(F)c1.Cl. The van der Waals surface area contributed by atoms with Crippen LogP contribution < -0.4 is 20.1 Å². The van der Waals surface area contributed by atoms with E-state index in [-0.39, 0.29) is 30.6 Å². The van der Waals surface area contributed by atoms with Gasteiger partial charge < -0.3 is 24.8 Å². The summed E-state index contributed by atoms with van der Waals surface area (Å²) < 4.78 is 30.0. The van der Waals surface area contributed by atoms with Gasteiger partial charge in [0.15, 0.2) is 23.1 Å². The lowest BCUT2D eigenvalue weighted by Crippen LogP contribution is -2.30. The maximum atomic E-state index is 14.3. The molecule has 0 aliphatic rings. The average molecular weight is 399 g/mol. The van der Waals surface area contributed by atoms with E-state index in [9.17, 15) is 9.18 Å². The summed E-state index contributed by atoms with van der Waals surface area (Å²) in [6.45, 7) is 3.11. The average Bonchev–Trinajstić information content (AvgIpc) is 2.62. The third-order valence-electron chi connectivity index (χ3n) is 3.52. The highest BCUT2D eigenvalue weighted by atomic mass is 35.5. The van der Waals surface area contributed by atoms with E-state index in [4.69, 9.17) is 14.2 Å². The van der Waals surface area contributed by atoms with Crippen molar-refractivity contribution in [1.29, 1.82) is 0 Å². The van der Waals surface area contributed by atoms with E-state index in [1.54, 1.807) is 25.3 Å². The van der Waals surface area contributed by atoms with Gasteiger partial charge in [-0.25, -0.2) is 4.39 Å². The van der Waals surface area contributed by atoms with Crippen LogP contribution in [0.15, 0.2) is 36.4 Å². The summed E-state index contributed by atoms with van der Waals surface area (Å²) in [5, 5.41) is 5.53. The molecule has 0 unspecified atom stereocenters. The molecular formula is C19H24ClFN2O4. The fourth-order valence-corrected chi connectivity index (χ4v) is 2.22. The van der Waals surface area contributed by atoms with Gasteiger partial charge in [-0.15, -0.1) is 12.4 Å².